The first kappa shape index (κ1) is 20.8. The Morgan fingerprint density at radius 2 is 1.72 bits per heavy atom. The zero-order valence-corrected chi connectivity index (χ0v) is 17.7. The monoisotopic (exact) mass is 407 g/mol. The number of nitrogens with one attached hydrogen (secondary N) is 1. The van der Waals surface area contributed by atoms with Crippen molar-refractivity contribution in [2.75, 3.05) is 18.2 Å². The molecule has 0 fully saturated rings. The fraction of sp³-hybridized carbons (Fsp3) is 0.208. The van der Waals surface area contributed by atoms with Gasteiger partial charge in [-0.2, -0.15) is 0 Å². The van der Waals surface area contributed by atoms with Crippen molar-refractivity contribution in [1.29, 1.82) is 0 Å². The molecule has 0 aliphatic carbocycles. The fourth-order valence-corrected chi connectivity index (χ4v) is 3.97. The number of aliphatic carboxylic acids is 1. The van der Waals surface area contributed by atoms with Crippen molar-refractivity contribution in [3.63, 3.8) is 0 Å². The van der Waals surface area contributed by atoms with Gasteiger partial charge in [0.05, 0.1) is 12.9 Å². The number of rotatable bonds is 8. The number of hydrogen-bond donors (Lipinski definition) is 2. The van der Waals surface area contributed by atoms with E-state index in [0.717, 1.165) is 16.3 Å². The average Bonchev–Trinajstić information content (AvgIpc) is 2.71. The summed E-state index contributed by atoms with van der Waals surface area (Å²) in [5.74, 6) is 0.148. The molecule has 3 aromatic rings. The third-order valence-electron chi connectivity index (χ3n) is 4.67. The first-order valence-electron chi connectivity index (χ1n) is 9.39. The number of methoxy groups -OCH3 is 1. The van der Waals surface area contributed by atoms with Crippen molar-refractivity contribution in [2.24, 2.45) is 0 Å². The zero-order chi connectivity index (χ0) is 20.8. The summed E-state index contributed by atoms with van der Waals surface area (Å²) in [5.41, 5.74) is 7.03. The Hall–Kier alpha value is -2.92. The quantitative estimate of drug-likeness (QED) is 0.464. The molecule has 0 heterocycles. The number of anilines is 1. The Labute approximate surface area is 175 Å². The average molecular weight is 408 g/mol. The van der Waals surface area contributed by atoms with Gasteiger partial charge in [0.2, 0.25) is 0 Å². The predicted molar refractivity (Wildman–Crippen MR) is 120 cm³/mol. The summed E-state index contributed by atoms with van der Waals surface area (Å²) in [6, 6.07) is 20.5. The lowest BCUT2D eigenvalue weighted by atomic mass is 9.94. The molecule has 5 heteroatoms. The van der Waals surface area contributed by atoms with Crippen LogP contribution in [0.15, 0.2) is 65.6 Å². The molecule has 0 bridgehead atoms. The summed E-state index contributed by atoms with van der Waals surface area (Å²) in [6.45, 7) is 4.93. The highest BCUT2D eigenvalue weighted by atomic mass is 32.2. The molecule has 29 heavy (non-hydrogen) atoms. The highest BCUT2D eigenvalue weighted by Gasteiger charge is 2.09. The van der Waals surface area contributed by atoms with Crippen molar-refractivity contribution in [2.45, 2.75) is 25.3 Å². The first-order valence-corrected chi connectivity index (χ1v) is 10.4. The van der Waals surface area contributed by atoms with Gasteiger partial charge < -0.3 is 15.2 Å². The maximum atomic E-state index is 10.7. The molecule has 0 unspecified atom stereocenters. The molecule has 3 aromatic carbocycles. The fourth-order valence-electron chi connectivity index (χ4n) is 3.35. The van der Waals surface area contributed by atoms with Gasteiger partial charge in [-0.15, -0.1) is 11.8 Å². The molecule has 2 N–H and O–H groups in total. The normalized spacial score (nSPS) is 10.6. The third-order valence-corrected chi connectivity index (χ3v) is 5.67. The summed E-state index contributed by atoms with van der Waals surface area (Å²) in [4.78, 5) is 11.6. The Bertz CT molecular complexity index is 976. The van der Waals surface area contributed by atoms with E-state index in [1.165, 1.54) is 39.6 Å². The van der Waals surface area contributed by atoms with Crippen molar-refractivity contribution in [3.8, 4) is 16.9 Å². The van der Waals surface area contributed by atoms with Crippen LogP contribution in [0.25, 0.3) is 11.1 Å². The van der Waals surface area contributed by atoms with E-state index in [1.54, 1.807) is 7.11 Å². The van der Waals surface area contributed by atoms with E-state index < -0.39 is 5.97 Å². The molecule has 3 rings (SSSR count). The summed E-state index contributed by atoms with van der Waals surface area (Å²) >= 11 is 1.32. The SMILES string of the molecule is COc1cc(C)c(-c2cccc(CNc3ccc(SCC(=O)O)cc3)c2)c(C)c1. The Balaban J connectivity index is 1.70. The van der Waals surface area contributed by atoms with Crippen LogP contribution < -0.4 is 10.1 Å². The molecule has 0 amide bonds. The van der Waals surface area contributed by atoms with E-state index >= 15 is 0 Å². The van der Waals surface area contributed by atoms with Crippen LogP contribution in [-0.2, 0) is 11.3 Å². The minimum absolute atomic E-state index is 0.0732. The number of carbonyl (C=O) groups is 1. The highest BCUT2D eigenvalue weighted by molar-refractivity contribution is 8.00. The van der Waals surface area contributed by atoms with Crippen LogP contribution in [0.1, 0.15) is 16.7 Å². The van der Waals surface area contributed by atoms with Gasteiger partial charge in [-0.1, -0.05) is 18.2 Å². The molecule has 0 aliphatic rings. The number of benzene rings is 3. The first-order chi connectivity index (χ1) is 14.0. The standard InChI is InChI=1S/C24H25NO3S/c1-16-11-21(28-3)12-17(2)24(16)19-6-4-5-18(13-19)14-25-20-7-9-22(10-8-20)29-15-23(26)27/h4-13,25H,14-15H2,1-3H3,(H,26,27). The number of ether oxygens (including phenoxy) is 1. The molecule has 0 aliphatic heterocycles. The summed E-state index contributed by atoms with van der Waals surface area (Å²) in [5, 5.41) is 12.2. The van der Waals surface area contributed by atoms with Gasteiger partial charge in [0.15, 0.2) is 0 Å². The second-order valence-electron chi connectivity index (χ2n) is 6.90. The predicted octanol–water partition coefficient (Wildman–Crippen LogP) is 5.77. The van der Waals surface area contributed by atoms with Crippen LogP contribution in [0.5, 0.6) is 5.75 Å². The molecular weight excluding hydrogens is 382 g/mol. The summed E-state index contributed by atoms with van der Waals surface area (Å²) in [7, 11) is 1.69. The molecule has 150 valence electrons. The van der Waals surface area contributed by atoms with Crippen molar-refractivity contribution >= 4 is 23.4 Å². The molecule has 0 radical (unpaired) electrons. The van der Waals surface area contributed by atoms with E-state index in [-0.39, 0.29) is 5.75 Å². The number of hydrogen-bond acceptors (Lipinski definition) is 4. The lowest BCUT2D eigenvalue weighted by Gasteiger charge is -2.14. The van der Waals surface area contributed by atoms with Crippen molar-refractivity contribution < 1.29 is 14.6 Å². The molecule has 0 saturated heterocycles. The van der Waals surface area contributed by atoms with Crippen LogP contribution in [0.2, 0.25) is 0 Å². The molecule has 0 saturated carbocycles. The van der Waals surface area contributed by atoms with Crippen molar-refractivity contribution in [1.82, 2.24) is 0 Å². The van der Waals surface area contributed by atoms with Gasteiger partial charge in [0.1, 0.15) is 5.75 Å². The second-order valence-corrected chi connectivity index (χ2v) is 7.95. The van der Waals surface area contributed by atoms with E-state index in [0.29, 0.717) is 6.54 Å². The smallest absolute Gasteiger partial charge is 0.313 e. The topological polar surface area (TPSA) is 58.6 Å². The Morgan fingerprint density at radius 1 is 1.03 bits per heavy atom. The number of carboxylic acid groups (broad SMARTS) is 1. The molecular formula is C24H25NO3S. The lowest BCUT2D eigenvalue weighted by Crippen LogP contribution is -2.00. The number of thioether (sulfide) groups is 1. The minimum Gasteiger partial charge on any atom is -0.497 e. The summed E-state index contributed by atoms with van der Waals surface area (Å²) < 4.78 is 5.37. The largest absolute Gasteiger partial charge is 0.497 e. The second kappa shape index (κ2) is 9.52. The van der Waals surface area contributed by atoms with Crippen molar-refractivity contribution in [3.05, 3.63) is 77.4 Å². The number of aryl methyl sites for hydroxylation is 2. The van der Waals surface area contributed by atoms with Crippen LogP contribution in [0, 0.1) is 13.8 Å². The Morgan fingerprint density at radius 3 is 2.34 bits per heavy atom. The van der Waals surface area contributed by atoms with Gasteiger partial charge >= 0.3 is 5.97 Å². The van der Waals surface area contributed by atoms with E-state index in [9.17, 15) is 4.79 Å². The van der Waals surface area contributed by atoms with Crippen LogP contribution in [0.4, 0.5) is 5.69 Å². The van der Waals surface area contributed by atoms with Gasteiger partial charge in [-0.25, -0.2) is 0 Å². The van der Waals surface area contributed by atoms with Crippen LogP contribution >= 0.6 is 11.8 Å². The maximum Gasteiger partial charge on any atom is 0.313 e. The Kier molecular flexibility index (Phi) is 6.83. The van der Waals surface area contributed by atoms with E-state index in [1.807, 2.05) is 24.3 Å². The van der Waals surface area contributed by atoms with Gasteiger partial charge in [0, 0.05) is 17.1 Å². The molecule has 0 aromatic heterocycles. The summed E-state index contributed by atoms with van der Waals surface area (Å²) in [6.07, 6.45) is 0. The molecule has 4 nitrogen and oxygen atoms in total. The highest BCUT2D eigenvalue weighted by Crippen LogP contribution is 2.31. The lowest BCUT2D eigenvalue weighted by molar-refractivity contribution is -0.133. The van der Waals surface area contributed by atoms with Crippen LogP contribution in [-0.4, -0.2) is 23.9 Å². The molecule has 0 spiro atoms. The van der Waals surface area contributed by atoms with Gasteiger partial charge in [-0.05, 0) is 84.1 Å². The maximum absolute atomic E-state index is 10.7. The third kappa shape index (κ3) is 5.55. The van der Waals surface area contributed by atoms with E-state index in [2.05, 4.69) is 55.6 Å². The minimum atomic E-state index is -0.806. The zero-order valence-electron chi connectivity index (χ0n) is 16.9. The number of carboxylic acids is 1. The van der Waals surface area contributed by atoms with Gasteiger partial charge in [-0.3, -0.25) is 4.79 Å². The van der Waals surface area contributed by atoms with Crippen LogP contribution in [0.3, 0.4) is 0 Å². The molecule has 0 atom stereocenters. The van der Waals surface area contributed by atoms with E-state index in [4.69, 9.17) is 9.84 Å². The van der Waals surface area contributed by atoms with Gasteiger partial charge in [0.25, 0.3) is 0 Å².